The van der Waals surface area contributed by atoms with Crippen molar-refractivity contribution in [3.63, 3.8) is 0 Å². The lowest BCUT2D eigenvalue weighted by Crippen LogP contribution is -2.44. The molecule has 1 amide bonds. The molecule has 0 radical (unpaired) electrons. The van der Waals surface area contributed by atoms with Gasteiger partial charge >= 0.3 is 6.09 Å². The number of nitrogens with one attached hydrogen (secondary N) is 1. The smallest absolute Gasteiger partial charge is 0.410 e. The van der Waals surface area contributed by atoms with Gasteiger partial charge in [-0.25, -0.2) is 4.79 Å². The van der Waals surface area contributed by atoms with Gasteiger partial charge in [0.25, 0.3) is 0 Å². The molecule has 1 atom stereocenters. The van der Waals surface area contributed by atoms with Crippen LogP contribution in [0, 0.1) is 5.92 Å². The van der Waals surface area contributed by atoms with E-state index < -0.39 is 5.60 Å². The van der Waals surface area contributed by atoms with Crippen LogP contribution in [-0.2, 0) is 11.3 Å². The predicted octanol–water partition coefficient (Wildman–Crippen LogP) is 3.43. The lowest BCUT2D eigenvalue weighted by molar-refractivity contribution is 0.0139. The summed E-state index contributed by atoms with van der Waals surface area (Å²) in [5.41, 5.74) is 0.753. The molecule has 24 heavy (non-hydrogen) atoms. The zero-order valence-corrected chi connectivity index (χ0v) is 15.3. The van der Waals surface area contributed by atoms with E-state index >= 15 is 0 Å². The van der Waals surface area contributed by atoms with Gasteiger partial charge in [-0.15, -0.1) is 0 Å². The fraction of sp³-hybridized carbons (Fsp3) is 0.632. The first-order valence-electron chi connectivity index (χ1n) is 8.71. The van der Waals surface area contributed by atoms with Gasteiger partial charge in [-0.3, -0.25) is 0 Å². The normalized spacial score (nSPS) is 18.3. The first kappa shape index (κ1) is 18.6. The van der Waals surface area contributed by atoms with Gasteiger partial charge in [-0.05, 0) is 58.4 Å². The van der Waals surface area contributed by atoms with Gasteiger partial charge in [0, 0.05) is 25.6 Å². The van der Waals surface area contributed by atoms with Crippen LogP contribution in [0.15, 0.2) is 24.3 Å². The summed E-state index contributed by atoms with van der Waals surface area (Å²) in [5.74, 6) is 1.23. The quantitative estimate of drug-likeness (QED) is 0.896. The number of rotatable bonds is 5. The third kappa shape index (κ3) is 6.04. The summed E-state index contributed by atoms with van der Waals surface area (Å²) in [6, 6.07) is 8.13. The molecule has 1 fully saturated rings. The van der Waals surface area contributed by atoms with Crippen LogP contribution < -0.4 is 10.1 Å². The number of carbonyl (C=O) groups excluding carboxylic acids is 1. The van der Waals surface area contributed by atoms with Crippen molar-refractivity contribution < 1.29 is 14.3 Å². The molecular formula is C19H30N2O3. The lowest BCUT2D eigenvalue weighted by Gasteiger charge is -2.34. The number of hydrogen-bond donors (Lipinski definition) is 1. The van der Waals surface area contributed by atoms with Crippen LogP contribution in [0.5, 0.6) is 5.75 Å². The molecule has 1 heterocycles. The average molecular weight is 334 g/mol. The van der Waals surface area contributed by atoms with Gasteiger partial charge in [0.2, 0.25) is 0 Å². The van der Waals surface area contributed by atoms with E-state index in [1.807, 2.05) is 40.0 Å². The van der Waals surface area contributed by atoms with Crippen molar-refractivity contribution in [1.29, 1.82) is 0 Å². The molecule has 1 unspecified atom stereocenters. The van der Waals surface area contributed by atoms with Crippen LogP contribution in [-0.4, -0.2) is 43.3 Å². The number of benzene rings is 1. The van der Waals surface area contributed by atoms with Gasteiger partial charge in [-0.1, -0.05) is 12.1 Å². The third-order valence-corrected chi connectivity index (χ3v) is 3.94. The highest BCUT2D eigenvalue weighted by atomic mass is 16.6. The SMILES string of the molecule is CNCc1cccc(OCC2CCCN(C(=O)OC(C)(C)C)C2)c1. The van der Waals surface area contributed by atoms with Crippen molar-refractivity contribution in [2.45, 2.75) is 45.8 Å². The second kappa shape index (κ2) is 8.38. The van der Waals surface area contributed by atoms with Gasteiger partial charge in [0.05, 0.1) is 6.61 Å². The Balaban J connectivity index is 1.84. The average Bonchev–Trinajstić information content (AvgIpc) is 2.52. The van der Waals surface area contributed by atoms with Crippen LogP contribution in [0.4, 0.5) is 4.79 Å². The Morgan fingerprint density at radius 3 is 2.88 bits per heavy atom. The van der Waals surface area contributed by atoms with Gasteiger partial charge in [-0.2, -0.15) is 0 Å². The van der Waals surface area contributed by atoms with Crippen LogP contribution >= 0.6 is 0 Å². The monoisotopic (exact) mass is 334 g/mol. The van der Waals surface area contributed by atoms with Gasteiger partial charge in [0.15, 0.2) is 0 Å². The Morgan fingerprint density at radius 2 is 2.17 bits per heavy atom. The van der Waals surface area contributed by atoms with Gasteiger partial charge < -0.3 is 19.7 Å². The molecule has 2 rings (SSSR count). The number of amides is 1. The maximum atomic E-state index is 12.2. The van der Waals surface area contributed by atoms with Crippen molar-refractivity contribution in [3.05, 3.63) is 29.8 Å². The number of nitrogens with zero attached hydrogens (tertiary/aromatic N) is 1. The Labute approximate surface area is 145 Å². The Kier molecular flexibility index (Phi) is 6.49. The summed E-state index contributed by atoms with van der Waals surface area (Å²) >= 11 is 0. The maximum absolute atomic E-state index is 12.2. The minimum absolute atomic E-state index is 0.219. The van der Waals surface area contributed by atoms with Crippen LogP contribution in [0.3, 0.4) is 0 Å². The number of hydrogen-bond acceptors (Lipinski definition) is 4. The van der Waals surface area contributed by atoms with E-state index in [4.69, 9.17) is 9.47 Å². The van der Waals surface area contributed by atoms with E-state index in [0.29, 0.717) is 19.1 Å². The standard InChI is InChI=1S/C19H30N2O3/c1-19(2,3)24-18(22)21-10-6-8-16(13-21)14-23-17-9-5-7-15(11-17)12-20-4/h5,7,9,11,16,20H,6,8,10,12-14H2,1-4H3. The summed E-state index contributed by atoms with van der Waals surface area (Å²) < 4.78 is 11.4. The third-order valence-electron chi connectivity index (χ3n) is 3.94. The van der Waals surface area contributed by atoms with Crippen molar-refractivity contribution >= 4 is 6.09 Å². The topological polar surface area (TPSA) is 50.8 Å². The first-order chi connectivity index (χ1) is 11.4. The highest BCUT2D eigenvalue weighted by Crippen LogP contribution is 2.21. The summed E-state index contributed by atoms with van der Waals surface area (Å²) in [7, 11) is 1.93. The van der Waals surface area contributed by atoms with Crippen molar-refractivity contribution in [3.8, 4) is 5.75 Å². The van der Waals surface area contributed by atoms with Crippen LogP contribution in [0.25, 0.3) is 0 Å². The Morgan fingerprint density at radius 1 is 1.38 bits per heavy atom. The second-order valence-corrected chi connectivity index (χ2v) is 7.42. The summed E-state index contributed by atoms with van der Waals surface area (Å²) in [4.78, 5) is 14.0. The van der Waals surface area contributed by atoms with E-state index in [1.54, 1.807) is 4.90 Å². The fourth-order valence-corrected chi connectivity index (χ4v) is 2.86. The van der Waals surface area contributed by atoms with Crippen LogP contribution in [0.2, 0.25) is 0 Å². The zero-order chi connectivity index (χ0) is 17.6. The molecule has 0 saturated carbocycles. The first-order valence-corrected chi connectivity index (χ1v) is 8.71. The minimum atomic E-state index is -0.450. The molecule has 1 aromatic rings. The van der Waals surface area contributed by atoms with Crippen molar-refractivity contribution in [1.82, 2.24) is 10.2 Å². The van der Waals surface area contributed by atoms with Crippen molar-refractivity contribution in [2.24, 2.45) is 5.92 Å². The van der Waals surface area contributed by atoms with Gasteiger partial charge in [0.1, 0.15) is 11.4 Å². The Hall–Kier alpha value is -1.75. The molecule has 1 N–H and O–H groups in total. The molecule has 0 aromatic heterocycles. The van der Waals surface area contributed by atoms with Crippen LogP contribution in [0.1, 0.15) is 39.2 Å². The highest BCUT2D eigenvalue weighted by molar-refractivity contribution is 5.68. The molecule has 0 aliphatic carbocycles. The molecule has 0 bridgehead atoms. The zero-order valence-electron chi connectivity index (χ0n) is 15.3. The number of likely N-dealkylation sites (tertiary alicyclic amines) is 1. The van der Waals surface area contributed by atoms with E-state index in [2.05, 4.69) is 17.4 Å². The van der Waals surface area contributed by atoms with Crippen molar-refractivity contribution in [2.75, 3.05) is 26.7 Å². The molecule has 5 heteroatoms. The number of piperidine rings is 1. The minimum Gasteiger partial charge on any atom is -0.493 e. The second-order valence-electron chi connectivity index (χ2n) is 7.42. The largest absolute Gasteiger partial charge is 0.493 e. The summed E-state index contributed by atoms with van der Waals surface area (Å²) in [6.07, 6.45) is 1.85. The molecule has 1 saturated heterocycles. The molecule has 0 spiro atoms. The van der Waals surface area contributed by atoms with E-state index in [-0.39, 0.29) is 6.09 Å². The molecule has 5 nitrogen and oxygen atoms in total. The maximum Gasteiger partial charge on any atom is 0.410 e. The van der Waals surface area contributed by atoms with E-state index in [0.717, 1.165) is 31.7 Å². The molecule has 1 aliphatic heterocycles. The predicted molar refractivity (Wildman–Crippen MR) is 95.2 cm³/mol. The number of ether oxygens (including phenoxy) is 2. The summed E-state index contributed by atoms with van der Waals surface area (Å²) in [6.45, 7) is 8.61. The summed E-state index contributed by atoms with van der Waals surface area (Å²) in [5, 5.41) is 3.14. The molecule has 1 aliphatic rings. The molecule has 1 aromatic carbocycles. The lowest BCUT2D eigenvalue weighted by atomic mass is 9.99. The fourth-order valence-electron chi connectivity index (χ4n) is 2.86. The highest BCUT2D eigenvalue weighted by Gasteiger charge is 2.27. The molecule has 134 valence electrons. The number of carbonyl (C=O) groups is 1. The molecular weight excluding hydrogens is 304 g/mol. The van der Waals surface area contributed by atoms with E-state index in [1.165, 1.54) is 5.56 Å². The Bertz CT molecular complexity index is 540. The van der Waals surface area contributed by atoms with E-state index in [9.17, 15) is 4.79 Å².